The van der Waals surface area contributed by atoms with E-state index in [0.29, 0.717) is 22.7 Å². The van der Waals surface area contributed by atoms with Crippen molar-refractivity contribution in [1.29, 1.82) is 0 Å². The molecule has 3 aromatic carbocycles. The summed E-state index contributed by atoms with van der Waals surface area (Å²) in [6.45, 7) is 0.155. The SMILES string of the molecule is CS(=O)(=O)Nc1cc(Cl)cc(NC(=O)c2cnn(-c3ccccc3OCc3cccc(F)c3)c2)c1. The van der Waals surface area contributed by atoms with E-state index in [1.807, 2.05) is 0 Å². The van der Waals surface area contributed by atoms with E-state index < -0.39 is 15.9 Å². The van der Waals surface area contributed by atoms with Crippen LogP contribution in [0.4, 0.5) is 15.8 Å². The number of halogens is 2. The lowest BCUT2D eigenvalue weighted by Crippen LogP contribution is -2.13. The molecule has 0 aliphatic rings. The minimum atomic E-state index is -3.51. The van der Waals surface area contributed by atoms with Crippen molar-refractivity contribution in [2.75, 3.05) is 16.3 Å². The van der Waals surface area contributed by atoms with E-state index in [1.165, 1.54) is 47.4 Å². The highest BCUT2D eigenvalue weighted by atomic mass is 35.5. The number of para-hydroxylation sites is 2. The van der Waals surface area contributed by atoms with E-state index in [-0.39, 0.29) is 28.7 Å². The number of benzene rings is 3. The molecular formula is C24H20ClFN4O4S. The third kappa shape index (κ3) is 6.58. The monoisotopic (exact) mass is 514 g/mol. The topological polar surface area (TPSA) is 102 Å². The first kappa shape index (κ1) is 24.2. The van der Waals surface area contributed by atoms with Crippen LogP contribution in [-0.2, 0) is 16.6 Å². The number of hydrogen-bond donors (Lipinski definition) is 2. The maximum absolute atomic E-state index is 13.4. The first-order chi connectivity index (χ1) is 16.7. The number of hydrogen-bond acceptors (Lipinski definition) is 5. The molecule has 0 fully saturated rings. The molecule has 8 nitrogen and oxygen atoms in total. The van der Waals surface area contributed by atoms with Gasteiger partial charge in [-0.25, -0.2) is 17.5 Å². The number of anilines is 2. The van der Waals surface area contributed by atoms with Crippen LogP contribution in [0.25, 0.3) is 5.69 Å². The largest absolute Gasteiger partial charge is 0.487 e. The van der Waals surface area contributed by atoms with Gasteiger partial charge in [0.25, 0.3) is 5.91 Å². The van der Waals surface area contributed by atoms with Crippen LogP contribution in [0, 0.1) is 5.82 Å². The van der Waals surface area contributed by atoms with Gasteiger partial charge in [-0.1, -0.05) is 35.9 Å². The smallest absolute Gasteiger partial charge is 0.258 e. The molecule has 0 atom stereocenters. The number of rotatable bonds is 8. The fourth-order valence-corrected chi connectivity index (χ4v) is 4.05. The summed E-state index contributed by atoms with van der Waals surface area (Å²) >= 11 is 6.06. The number of nitrogens with one attached hydrogen (secondary N) is 2. The van der Waals surface area contributed by atoms with Crippen molar-refractivity contribution in [1.82, 2.24) is 9.78 Å². The van der Waals surface area contributed by atoms with Crippen molar-refractivity contribution < 1.29 is 22.3 Å². The summed E-state index contributed by atoms with van der Waals surface area (Å²) in [5.74, 6) is -0.318. The lowest BCUT2D eigenvalue weighted by Gasteiger charge is -2.11. The summed E-state index contributed by atoms with van der Waals surface area (Å²) in [4.78, 5) is 12.8. The number of amides is 1. The Morgan fingerprint density at radius 3 is 2.63 bits per heavy atom. The lowest BCUT2D eigenvalue weighted by atomic mass is 10.2. The van der Waals surface area contributed by atoms with Gasteiger partial charge in [0, 0.05) is 16.9 Å². The minimum Gasteiger partial charge on any atom is -0.487 e. The summed E-state index contributed by atoms with van der Waals surface area (Å²) in [6, 6.07) is 17.6. The summed E-state index contributed by atoms with van der Waals surface area (Å²) in [6.07, 6.45) is 3.93. The van der Waals surface area contributed by atoms with Crippen molar-refractivity contribution >= 4 is 38.9 Å². The Hall–Kier alpha value is -3.89. The van der Waals surface area contributed by atoms with Crippen molar-refractivity contribution in [3.05, 3.63) is 101 Å². The predicted octanol–water partition coefficient (Wildman–Crippen LogP) is 4.87. The molecule has 0 aliphatic heterocycles. The van der Waals surface area contributed by atoms with Crippen molar-refractivity contribution in [2.45, 2.75) is 6.61 Å². The zero-order chi connectivity index (χ0) is 25.0. The number of sulfonamides is 1. The van der Waals surface area contributed by atoms with E-state index in [1.54, 1.807) is 36.4 Å². The Kier molecular flexibility index (Phi) is 7.04. The van der Waals surface area contributed by atoms with E-state index in [4.69, 9.17) is 16.3 Å². The highest BCUT2D eigenvalue weighted by Crippen LogP contribution is 2.25. The quantitative estimate of drug-likeness (QED) is 0.349. The molecule has 0 spiro atoms. The van der Waals surface area contributed by atoms with Gasteiger partial charge >= 0.3 is 0 Å². The average molecular weight is 515 g/mol. The van der Waals surface area contributed by atoms with E-state index in [9.17, 15) is 17.6 Å². The van der Waals surface area contributed by atoms with Crippen LogP contribution in [0.15, 0.2) is 79.1 Å². The van der Waals surface area contributed by atoms with Gasteiger partial charge < -0.3 is 10.1 Å². The van der Waals surface area contributed by atoms with Gasteiger partial charge in [-0.3, -0.25) is 9.52 Å². The summed E-state index contributed by atoms with van der Waals surface area (Å²) in [7, 11) is -3.51. The van der Waals surface area contributed by atoms with E-state index >= 15 is 0 Å². The average Bonchev–Trinajstić information content (AvgIpc) is 3.27. The van der Waals surface area contributed by atoms with E-state index in [0.717, 1.165) is 6.26 Å². The van der Waals surface area contributed by atoms with Gasteiger partial charge in [-0.2, -0.15) is 5.10 Å². The van der Waals surface area contributed by atoms with Crippen molar-refractivity contribution in [2.24, 2.45) is 0 Å². The van der Waals surface area contributed by atoms with Crippen molar-refractivity contribution in [3.8, 4) is 11.4 Å². The molecule has 0 saturated heterocycles. The highest BCUT2D eigenvalue weighted by Gasteiger charge is 2.14. The summed E-state index contributed by atoms with van der Waals surface area (Å²) in [5, 5.41) is 7.18. The molecular weight excluding hydrogens is 495 g/mol. The number of carbonyl (C=O) groups is 1. The molecule has 0 aliphatic carbocycles. The van der Waals surface area contributed by atoms with Crippen LogP contribution in [0.1, 0.15) is 15.9 Å². The van der Waals surface area contributed by atoms with Gasteiger partial charge in [0.1, 0.15) is 23.9 Å². The van der Waals surface area contributed by atoms with Crippen LogP contribution >= 0.6 is 11.6 Å². The third-order valence-electron chi connectivity index (χ3n) is 4.70. The first-order valence-corrected chi connectivity index (χ1v) is 12.5. The molecule has 1 heterocycles. The number of aromatic nitrogens is 2. The minimum absolute atomic E-state index is 0.155. The van der Waals surface area contributed by atoms with E-state index in [2.05, 4.69) is 15.1 Å². The normalized spacial score (nSPS) is 11.2. The lowest BCUT2D eigenvalue weighted by molar-refractivity contribution is 0.102. The fraction of sp³-hybridized carbons (Fsp3) is 0.0833. The van der Waals surface area contributed by atoms with Gasteiger partial charge in [0.15, 0.2) is 0 Å². The Bertz CT molecular complexity index is 1490. The predicted molar refractivity (Wildman–Crippen MR) is 132 cm³/mol. The Morgan fingerprint density at radius 1 is 1.09 bits per heavy atom. The van der Waals surface area contributed by atoms with Crippen LogP contribution < -0.4 is 14.8 Å². The molecule has 1 amide bonds. The molecule has 0 unspecified atom stereocenters. The zero-order valence-corrected chi connectivity index (χ0v) is 20.0. The van der Waals surface area contributed by atoms with Crippen molar-refractivity contribution in [3.63, 3.8) is 0 Å². The van der Waals surface area contributed by atoms with Crippen LogP contribution in [0.2, 0.25) is 5.02 Å². The second kappa shape index (κ2) is 10.2. The third-order valence-corrected chi connectivity index (χ3v) is 5.52. The summed E-state index contributed by atoms with van der Waals surface area (Å²) < 4.78 is 46.1. The maximum Gasteiger partial charge on any atom is 0.258 e. The number of carbonyl (C=O) groups excluding carboxylic acids is 1. The highest BCUT2D eigenvalue weighted by molar-refractivity contribution is 7.92. The molecule has 0 radical (unpaired) electrons. The molecule has 1 aromatic heterocycles. The van der Waals surface area contributed by atoms with Gasteiger partial charge in [-0.05, 0) is 48.0 Å². The Morgan fingerprint density at radius 2 is 1.86 bits per heavy atom. The molecule has 11 heteroatoms. The van der Waals surface area contributed by atoms with Crippen LogP contribution in [0.3, 0.4) is 0 Å². The van der Waals surface area contributed by atoms with Gasteiger partial charge in [0.2, 0.25) is 10.0 Å². The Labute approximate surface area is 206 Å². The second-order valence-electron chi connectivity index (χ2n) is 7.62. The molecule has 4 rings (SSSR count). The number of ether oxygens (including phenoxy) is 1. The van der Waals surface area contributed by atoms with Gasteiger partial charge in [-0.15, -0.1) is 0 Å². The molecule has 2 N–H and O–H groups in total. The Balaban J connectivity index is 1.50. The fourth-order valence-electron chi connectivity index (χ4n) is 3.27. The molecule has 4 aromatic rings. The first-order valence-electron chi connectivity index (χ1n) is 10.3. The van der Waals surface area contributed by atoms with Gasteiger partial charge in [0.05, 0.1) is 23.7 Å². The standard InChI is InChI=1S/C24H20ClFN4O4S/c1-35(32,33)29-21-11-18(25)10-20(12-21)28-24(31)17-13-27-30(14-17)22-7-2-3-8-23(22)34-15-16-5-4-6-19(26)9-16/h2-14,29H,15H2,1H3,(H,28,31). The maximum atomic E-state index is 13.4. The molecule has 0 bridgehead atoms. The molecule has 0 saturated carbocycles. The number of nitrogens with zero attached hydrogens (tertiary/aromatic N) is 2. The zero-order valence-electron chi connectivity index (χ0n) is 18.4. The molecule has 180 valence electrons. The summed E-state index contributed by atoms with van der Waals surface area (Å²) in [5.41, 5.74) is 2.04. The van der Waals surface area contributed by atoms with Crippen LogP contribution in [0.5, 0.6) is 5.75 Å². The van der Waals surface area contributed by atoms with Crippen LogP contribution in [-0.4, -0.2) is 30.4 Å². The second-order valence-corrected chi connectivity index (χ2v) is 9.80. The molecule has 35 heavy (non-hydrogen) atoms.